The molecule has 1 aliphatic carbocycles. The average molecular weight is 311 g/mol. The van der Waals surface area contributed by atoms with Crippen molar-refractivity contribution in [3.05, 3.63) is 53.1 Å². The Morgan fingerprint density at radius 3 is 3.00 bits per heavy atom. The molecule has 0 spiro atoms. The van der Waals surface area contributed by atoms with Gasteiger partial charge in [-0.15, -0.1) is 0 Å². The molecule has 1 heterocycles. The summed E-state index contributed by atoms with van der Waals surface area (Å²) in [5.41, 5.74) is 4.59. The van der Waals surface area contributed by atoms with Crippen LogP contribution in [0.2, 0.25) is 0 Å². The van der Waals surface area contributed by atoms with Gasteiger partial charge in [0.15, 0.2) is 0 Å². The molecule has 3 nitrogen and oxygen atoms in total. The van der Waals surface area contributed by atoms with Crippen LogP contribution in [-0.4, -0.2) is 28.7 Å². The van der Waals surface area contributed by atoms with E-state index in [-0.39, 0.29) is 0 Å². The number of rotatable bonds is 3. The number of thiocarbonyl (C=S) groups is 1. The molecule has 0 fully saturated rings. The van der Waals surface area contributed by atoms with Crippen LogP contribution in [0.5, 0.6) is 0 Å². The Morgan fingerprint density at radius 2 is 2.23 bits per heavy atom. The third kappa shape index (κ3) is 3.18. The SMILES string of the molecule is CCN1CCc2ccc(NC(=N)C3=CC=CCC3=S)cc2C1. The number of nitrogens with zero attached hydrogens (tertiary/aromatic N) is 1. The van der Waals surface area contributed by atoms with Crippen LogP contribution in [0.3, 0.4) is 0 Å². The van der Waals surface area contributed by atoms with Gasteiger partial charge in [-0.3, -0.25) is 10.3 Å². The zero-order chi connectivity index (χ0) is 15.5. The lowest BCUT2D eigenvalue weighted by Gasteiger charge is -2.28. The largest absolute Gasteiger partial charge is 0.340 e. The van der Waals surface area contributed by atoms with Crippen molar-refractivity contribution in [1.29, 1.82) is 5.41 Å². The zero-order valence-corrected chi connectivity index (χ0v) is 13.7. The molecule has 0 atom stereocenters. The van der Waals surface area contributed by atoms with Crippen molar-refractivity contribution < 1.29 is 0 Å². The number of nitrogens with one attached hydrogen (secondary N) is 2. The first kappa shape index (κ1) is 15.1. The maximum atomic E-state index is 8.26. The van der Waals surface area contributed by atoms with Gasteiger partial charge in [-0.2, -0.15) is 0 Å². The maximum absolute atomic E-state index is 8.26. The number of anilines is 1. The van der Waals surface area contributed by atoms with Crippen molar-refractivity contribution in [3.63, 3.8) is 0 Å². The third-order valence-corrected chi connectivity index (χ3v) is 4.67. The summed E-state index contributed by atoms with van der Waals surface area (Å²) >= 11 is 5.34. The first-order chi connectivity index (χ1) is 10.7. The first-order valence-corrected chi connectivity index (χ1v) is 8.18. The molecule has 0 aromatic heterocycles. The normalized spacial score (nSPS) is 17.9. The van der Waals surface area contributed by atoms with Crippen LogP contribution in [0.1, 0.15) is 24.5 Å². The summed E-state index contributed by atoms with van der Waals surface area (Å²) in [6.07, 6.45) is 7.77. The molecule has 0 unspecified atom stereocenters. The van der Waals surface area contributed by atoms with Gasteiger partial charge in [0.05, 0.1) is 0 Å². The Morgan fingerprint density at radius 1 is 1.36 bits per heavy atom. The van der Waals surface area contributed by atoms with Crippen LogP contribution in [0, 0.1) is 5.41 Å². The standard InChI is InChI=1S/C18H21N3S/c1-2-21-10-9-13-7-8-15(11-14(13)12-21)20-18(19)16-5-3-4-6-17(16)22/h3-5,7-8,11H,2,6,9-10,12H2,1H3,(H2,19,20). The molecule has 1 aromatic rings. The fourth-order valence-corrected chi connectivity index (χ4v) is 3.21. The second-order valence-electron chi connectivity index (χ2n) is 5.74. The Labute approximate surface area is 137 Å². The summed E-state index contributed by atoms with van der Waals surface area (Å²) in [6, 6.07) is 6.43. The highest BCUT2D eigenvalue weighted by molar-refractivity contribution is 7.81. The first-order valence-electron chi connectivity index (χ1n) is 7.77. The number of likely N-dealkylation sites (N-methyl/N-ethyl adjacent to an activating group) is 1. The minimum atomic E-state index is 0.387. The van der Waals surface area contributed by atoms with E-state index in [1.54, 1.807) is 0 Å². The Hall–Kier alpha value is -1.78. The molecule has 0 bridgehead atoms. The average Bonchev–Trinajstić information content (AvgIpc) is 2.54. The molecule has 0 amide bonds. The highest BCUT2D eigenvalue weighted by Gasteiger charge is 2.16. The predicted molar refractivity (Wildman–Crippen MR) is 96.9 cm³/mol. The number of hydrogen-bond acceptors (Lipinski definition) is 3. The second-order valence-corrected chi connectivity index (χ2v) is 6.23. The molecule has 2 aliphatic rings. The van der Waals surface area contributed by atoms with E-state index in [1.165, 1.54) is 11.1 Å². The fraction of sp³-hybridized carbons (Fsp3) is 0.333. The molecule has 0 saturated carbocycles. The van der Waals surface area contributed by atoms with Gasteiger partial charge in [-0.1, -0.05) is 43.4 Å². The monoisotopic (exact) mass is 311 g/mol. The molecular weight excluding hydrogens is 290 g/mol. The van der Waals surface area contributed by atoms with Crippen molar-refractivity contribution >= 4 is 28.6 Å². The second kappa shape index (κ2) is 6.55. The molecular formula is C18H21N3S. The lowest BCUT2D eigenvalue weighted by molar-refractivity contribution is 0.268. The minimum absolute atomic E-state index is 0.387. The Balaban J connectivity index is 1.76. The summed E-state index contributed by atoms with van der Waals surface area (Å²) < 4.78 is 0. The quantitative estimate of drug-likeness (QED) is 0.508. The van der Waals surface area contributed by atoms with Crippen LogP contribution in [0.15, 0.2) is 42.0 Å². The molecule has 3 rings (SSSR count). The number of hydrogen-bond donors (Lipinski definition) is 2. The van der Waals surface area contributed by atoms with Crippen molar-refractivity contribution in [1.82, 2.24) is 4.90 Å². The van der Waals surface area contributed by atoms with Crippen molar-refractivity contribution in [2.75, 3.05) is 18.4 Å². The van der Waals surface area contributed by atoms with Crippen molar-refractivity contribution in [2.45, 2.75) is 26.3 Å². The van der Waals surface area contributed by atoms with Gasteiger partial charge in [0, 0.05) is 35.6 Å². The highest BCUT2D eigenvalue weighted by atomic mass is 32.1. The van der Waals surface area contributed by atoms with Crippen LogP contribution in [0.25, 0.3) is 0 Å². The number of allylic oxidation sites excluding steroid dienone is 3. The van der Waals surface area contributed by atoms with Crippen LogP contribution in [-0.2, 0) is 13.0 Å². The summed E-state index contributed by atoms with van der Waals surface area (Å²) in [5.74, 6) is 0.387. The van der Waals surface area contributed by atoms with E-state index < -0.39 is 0 Å². The van der Waals surface area contributed by atoms with Gasteiger partial charge in [0.1, 0.15) is 5.84 Å². The van der Waals surface area contributed by atoms with Gasteiger partial charge in [0.2, 0.25) is 0 Å². The van der Waals surface area contributed by atoms with Gasteiger partial charge in [0.25, 0.3) is 0 Å². The summed E-state index contributed by atoms with van der Waals surface area (Å²) in [6.45, 7) is 5.42. The highest BCUT2D eigenvalue weighted by Crippen LogP contribution is 2.23. The smallest absolute Gasteiger partial charge is 0.131 e. The summed E-state index contributed by atoms with van der Waals surface area (Å²) in [5, 5.41) is 11.5. The topological polar surface area (TPSA) is 39.1 Å². The Bertz CT molecular complexity index is 673. The lowest BCUT2D eigenvalue weighted by atomic mass is 9.98. The third-order valence-electron chi connectivity index (χ3n) is 4.29. The van der Waals surface area contributed by atoms with Crippen molar-refractivity contribution in [2.24, 2.45) is 0 Å². The Kier molecular flexibility index (Phi) is 4.50. The van der Waals surface area contributed by atoms with Gasteiger partial charge in [-0.25, -0.2) is 0 Å². The molecule has 22 heavy (non-hydrogen) atoms. The molecule has 2 N–H and O–H groups in total. The minimum Gasteiger partial charge on any atom is -0.340 e. The van der Waals surface area contributed by atoms with Gasteiger partial charge >= 0.3 is 0 Å². The zero-order valence-electron chi connectivity index (χ0n) is 12.9. The molecule has 0 radical (unpaired) electrons. The van der Waals surface area contributed by atoms with Crippen LogP contribution in [0.4, 0.5) is 5.69 Å². The lowest BCUT2D eigenvalue weighted by Crippen LogP contribution is -2.30. The van der Waals surface area contributed by atoms with Crippen LogP contribution >= 0.6 is 12.2 Å². The van der Waals surface area contributed by atoms with E-state index in [4.69, 9.17) is 17.6 Å². The summed E-state index contributed by atoms with van der Waals surface area (Å²) in [7, 11) is 0. The summed E-state index contributed by atoms with van der Waals surface area (Å²) in [4.78, 5) is 3.27. The van der Waals surface area contributed by atoms with E-state index in [0.717, 1.165) is 48.6 Å². The number of fused-ring (bicyclic) bond motifs is 1. The van der Waals surface area contributed by atoms with E-state index in [2.05, 4.69) is 35.3 Å². The molecule has 0 saturated heterocycles. The van der Waals surface area contributed by atoms with E-state index in [9.17, 15) is 0 Å². The number of benzene rings is 1. The van der Waals surface area contributed by atoms with Crippen LogP contribution < -0.4 is 5.32 Å². The van der Waals surface area contributed by atoms with Gasteiger partial charge in [-0.05, 0) is 36.2 Å². The van der Waals surface area contributed by atoms with E-state index in [1.807, 2.05) is 18.2 Å². The predicted octanol–water partition coefficient (Wildman–Crippen LogP) is 3.71. The fourth-order valence-electron chi connectivity index (χ4n) is 2.94. The maximum Gasteiger partial charge on any atom is 0.131 e. The van der Waals surface area contributed by atoms with Crippen molar-refractivity contribution in [3.8, 4) is 0 Å². The number of amidine groups is 1. The molecule has 4 heteroatoms. The molecule has 1 aromatic carbocycles. The van der Waals surface area contributed by atoms with E-state index >= 15 is 0 Å². The molecule has 1 aliphatic heterocycles. The van der Waals surface area contributed by atoms with Gasteiger partial charge < -0.3 is 5.32 Å². The van der Waals surface area contributed by atoms with E-state index in [0.29, 0.717) is 5.84 Å². The molecule has 114 valence electrons.